The molecule has 0 fully saturated rings. The number of aromatic nitrogens is 1. The van der Waals surface area contributed by atoms with Gasteiger partial charge in [0, 0.05) is 18.1 Å². The van der Waals surface area contributed by atoms with Crippen molar-refractivity contribution in [2.24, 2.45) is 11.5 Å². The van der Waals surface area contributed by atoms with Gasteiger partial charge in [-0.15, -0.1) is 0 Å². The molecule has 1 heterocycles. The van der Waals surface area contributed by atoms with E-state index in [1.165, 1.54) is 5.69 Å². The van der Waals surface area contributed by atoms with Gasteiger partial charge in [0.05, 0.1) is 0 Å². The summed E-state index contributed by atoms with van der Waals surface area (Å²) in [6, 6.07) is 14.3. The molecular weight excluding hydrogens is 188 g/mol. The molecule has 0 radical (unpaired) electrons. The summed E-state index contributed by atoms with van der Waals surface area (Å²) >= 11 is 0. The smallest absolute Gasteiger partial charge is 0.183 e. The van der Waals surface area contributed by atoms with Gasteiger partial charge in [-0.2, -0.15) is 0 Å². The molecule has 4 heteroatoms. The first kappa shape index (κ1) is 10.8. The maximum Gasteiger partial charge on any atom is 0.183 e. The Balaban J connectivity index is 0.000000245. The molecule has 15 heavy (non-hydrogen) atoms. The van der Waals surface area contributed by atoms with Gasteiger partial charge < -0.3 is 16.0 Å². The lowest BCUT2D eigenvalue weighted by atomic mass is 10.3. The van der Waals surface area contributed by atoms with Crippen LogP contribution in [0.25, 0.3) is 5.69 Å². The lowest BCUT2D eigenvalue weighted by Crippen LogP contribution is -2.20. The molecule has 0 unspecified atom stereocenters. The summed E-state index contributed by atoms with van der Waals surface area (Å²) in [6.45, 7) is 0. The fraction of sp³-hybridized carbons (Fsp3) is 0. The minimum Gasteiger partial charge on any atom is -0.370 e. The fourth-order valence-corrected chi connectivity index (χ4v) is 1.11. The van der Waals surface area contributed by atoms with E-state index >= 15 is 0 Å². The second-order valence-corrected chi connectivity index (χ2v) is 2.88. The molecule has 0 atom stereocenters. The number of nitrogens with one attached hydrogen (secondary N) is 1. The van der Waals surface area contributed by atoms with Crippen LogP contribution in [-0.2, 0) is 0 Å². The molecule has 2 rings (SSSR count). The van der Waals surface area contributed by atoms with Crippen molar-refractivity contribution in [2.75, 3.05) is 0 Å². The van der Waals surface area contributed by atoms with E-state index in [0.29, 0.717) is 0 Å². The first-order valence-corrected chi connectivity index (χ1v) is 4.48. The molecule has 0 aliphatic carbocycles. The molecule has 0 spiro atoms. The second-order valence-electron chi connectivity index (χ2n) is 2.88. The van der Waals surface area contributed by atoms with Gasteiger partial charge in [-0.3, -0.25) is 5.41 Å². The number of guanidine groups is 1. The SMILES string of the molecule is N=C(N)N.c1ccc(-n2cccc2)cc1. The number of benzene rings is 1. The molecule has 1 aromatic heterocycles. The molecule has 0 amide bonds. The normalized spacial score (nSPS) is 8.80. The maximum atomic E-state index is 6.06. The quantitative estimate of drug-likeness (QED) is 0.481. The van der Waals surface area contributed by atoms with Crippen LogP contribution in [0.5, 0.6) is 0 Å². The van der Waals surface area contributed by atoms with Crippen molar-refractivity contribution >= 4 is 5.96 Å². The Labute approximate surface area is 88.6 Å². The minimum atomic E-state index is -0.333. The molecular formula is C11H14N4. The summed E-state index contributed by atoms with van der Waals surface area (Å²) in [7, 11) is 0. The average Bonchev–Trinajstić information content (AvgIpc) is 2.71. The second kappa shape index (κ2) is 5.49. The zero-order valence-corrected chi connectivity index (χ0v) is 8.30. The Morgan fingerprint density at radius 1 is 0.933 bits per heavy atom. The summed E-state index contributed by atoms with van der Waals surface area (Å²) in [5, 5.41) is 6.06. The summed E-state index contributed by atoms with van der Waals surface area (Å²) in [5.74, 6) is -0.333. The molecule has 0 saturated heterocycles. The van der Waals surface area contributed by atoms with E-state index in [1.54, 1.807) is 0 Å². The summed E-state index contributed by atoms with van der Waals surface area (Å²) in [4.78, 5) is 0. The Kier molecular flexibility index (Phi) is 3.97. The largest absolute Gasteiger partial charge is 0.370 e. The summed E-state index contributed by atoms with van der Waals surface area (Å²) in [6.07, 6.45) is 4.07. The molecule has 0 aliphatic rings. The van der Waals surface area contributed by atoms with Crippen molar-refractivity contribution < 1.29 is 0 Å². The Morgan fingerprint density at radius 2 is 1.40 bits per heavy atom. The van der Waals surface area contributed by atoms with Crippen molar-refractivity contribution in [3.63, 3.8) is 0 Å². The Hall–Kier alpha value is -2.23. The predicted octanol–water partition coefficient (Wildman–Crippen LogP) is 1.32. The molecule has 4 nitrogen and oxygen atoms in total. The highest BCUT2D eigenvalue weighted by Crippen LogP contribution is 2.05. The van der Waals surface area contributed by atoms with Crippen LogP contribution < -0.4 is 11.5 Å². The van der Waals surface area contributed by atoms with Crippen LogP contribution in [0.2, 0.25) is 0 Å². The van der Waals surface area contributed by atoms with Crippen LogP contribution in [0.15, 0.2) is 54.9 Å². The van der Waals surface area contributed by atoms with Crippen LogP contribution >= 0.6 is 0 Å². The number of hydrogen-bond acceptors (Lipinski definition) is 1. The maximum absolute atomic E-state index is 6.06. The first-order chi connectivity index (χ1) is 7.20. The third kappa shape index (κ3) is 3.99. The van der Waals surface area contributed by atoms with Crippen LogP contribution in [0.4, 0.5) is 0 Å². The third-order valence-corrected chi connectivity index (χ3v) is 1.66. The first-order valence-electron chi connectivity index (χ1n) is 4.48. The topological polar surface area (TPSA) is 80.8 Å². The van der Waals surface area contributed by atoms with Gasteiger partial charge in [0.1, 0.15) is 0 Å². The minimum absolute atomic E-state index is 0.333. The van der Waals surface area contributed by atoms with Crippen molar-refractivity contribution in [2.45, 2.75) is 0 Å². The van der Waals surface area contributed by atoms with E-state index in [9.17, 15) is 0 Å². The lowest BCUT2D eigenvalue weighted by Gasteiger charge is -1.99. The highest BCUT2D eigenvalue weighted by molar-refractivity contribution is 5.71. The number of rotatable bonds is 1. The van der Waals surface area contributed by atoms with Gasteiger partial charge in [0.15, 0.2) is 5.96 Å². The van der Waals surface area contributed by atoms with Gasteiger partial charge in [-0.25, -0.2) is 0 Å². The zero-order valence-electron chi connectivity index (χ0n) is 8.30. The molecule has 0 saturated carbocycles. The van der Waals surface area contributed by atoms with Gasteiger partial charge in [0.25, 0.3) is 0 Å². The van der Waals surface area contributed by atoms with Gasteiger partial charge in [-0.05, 0) is 24.3 Å². The predicted molar refractivity (Wildman–Crippen MR) is 61.9 cm³/mol. The van der Waals surface area contributed by atoms with E-state index in [1.807, 2.05) is 42.7 Å². The zero-order chi connectivity index (χ0) is 11.1. The lowest BCUT2D eigenvalue weighted by molar-refractivity contribution is 1.08. The number of hydrogen-bond donors (Lipinski definition) is 3. The molecule has 78 valence electrons. The van der Waals surface area contributed by atoms with Crippen LogP contribution in [-0.4, -0.2) is 10.5 Å². The fourth-order valence-electron chi connectivity index (χ4n) is 1.11. The van der Waals surface area contributed by atoms with Crippen LogP contribution in [0, 0.1) is 5.41 Å². The van der Waals surface area contributed by atoms with E-state index in [-0.39, 0.29) is 5.96 Å². The number of nitrogens with zero attached hydrogens (tertiary/aromatic N) is 1. The Bertz CT molecular complexity index is 388. The highest BCUT2D eigenvalue weighted by atomic mass is 14.9. The van der Waals surface area contributed by atoms with E-state index < -0.39 is 0 Å². The monoisotopic (exact) mass is 202 g/mol. The van der Waals surface area contributed by atoms with Crippen LogP contribution in [0.1, 0.15) is 0 Å². The van der Waals surface area contributed by atoms with Crippen molar-refractivity contribution in [3.8, 4) is 5.69 Å². The molecule has 0 bridgehead atoms. The number of para-hydroxylation sites is 1. The van der Waals surface area contributed by atoms with Crippen molar-refractivity contribution in [1.82, 2.24) is 4.57 Å². The van der Waals surface area contributed by atoms with E-state index in [4.69, 9.17) is 5.41 Å². The van der Waals surface area contributed by atoms with Gasteiger partial charge in [0.2, 0.25) is 0 Å². The summed E-state index contributed by atoms with van der Waals surface area (Å²) in [5.41, 5.74) is 10.2. The van der Waals surface area contributed by atoms with Crippen molar-refractivity contribution in [3.05, 3.63) is 54.9 Å². The highest BCUT2D eigenvalue weighted by Gasteiger charge is 1.88. The van der Waals surface area contributed by atoms with E-state index in [2.05, 4.69) is 28.2 Å². The molecule has 0 aliphatic heterocycles. The molecule has 5 N–H and O–H groups in total. The summed E-state index contributed by atoms with van der Waals surface area (Å²) < 4.78 is 2.08. The Morgan fingerprint density at radius 3 is 1.87 bits per heavy atom. The van der Waals surface area contributed by atoms with Gasteiger partial charge in [-0.1, -0.05) is 18.2 Å². The average molecular weight is 202 g/mol. The molecule has 1 aromatic carbocycles. The van der Waals surface area contributed by atoms with Gasteiger partial charge >= 0.3 is 0 Å². The third-order valence-electron chi connectivity index (χ3n) is 1.66. The number of nitrogens with two attached hydrogens (primary N) is 2. The van der Waals surface area contributed by atoms with E-state index in [0.717, 1.165) is 0 Å². The molecule has 2 aromatic rings. The standard InChI is InChI=1S/C10H9N.CH5N3/c1-2-6-10(7-3-1)11-8-4-5-9-11;2-1(3)4/h1-9H;(H5,2,3,4). The van der Waals surface area contributed by atoms with Crippen LogP contribution in [0.3, 0.4) is 0 Å². The van der Waals surface area contributed by atoms with Crippen molar-refractivity contribution in [1.29, 1.82) is 5.41 Å².